The number of nitrogens with zero attached hydrogens (tertiary/aromatic N) is 2. The van der Waals surface area contributed by atoms with Crippen molar-refractivity contribution in [3.8, 4) is 0 Å². The Morgan fingerprint density at radius 1 is 1.07 bits per heavy atom. The van der Waals surface area contributed by atoms with Crippen LogP contribution in [0.15, 0.2) is 30.3 Å². The maximum absolute atomic E-state index is 12.6. The summed E-state index contributed by atoms with van der Waals surface area (Å²) in [6.07, 6.45) is 0. The van der Waals surface area contributed by atoms with Gasteiger partial charge in [0.15, 0.2) is 6.61 Å². The number of benzene rings is 1. The summed E-state index contributed by atoms with van der Waals surface area (Å²) in [6.45, 7) is 5.20. The average Bonchev–Trinajstić information content (AvgIpc) is 3.15. The molecule has 2 heterocycles. The quantitative estimate of drug-likeness (QED) is 0.375. The molecule has 2 amide bonds. The molecule has 0 spiro atoms. The Morgan fingerprint density at radius 2 is 1.67 bits per heavy atom. The van der Waals surface area contributed by atoms with Crippen molar-refractivity contribution in [2.24, 2.45) is 0 Å². The topological polar surface area (TPSA) is 94.9 Å². The van der Waals surface area contributed by atoms with Crippen LogP contribution in [-0.4, -0.2) is 59.9 Å². The number of fused-ring (bicyclic) bond motifs is 1. The zero-order chi connectivity index (χ0) is 22.0. The fraction of sp³-hybridized carbons (Fsp3) is 0.364. The first kappa shape index (κ1) is 21.4. The van der Waals surface area contributed by atoms with E-state index in [4.69, 9.17) is 9.47 Å². The van der Waals surface area contributed by atoms with E-state index >= 15 is 0 Å². The number of imide groups is 1. The first-order chi connectivity index (χ1) is 14.3. The minimum absolute atomic E-state index is 0.0490. The van der Waals surface area contributed by atoms with Crippen molar-refractivity contribution in [1.29, 1.82) is 0 Å². The molecule has 8 nitrogen and oxygen atoms in total. The van der Waals surface area contributed by atoms with E-state index in [0.717, 1.165) is 16.3 Å². The Morgan fingerprint density at radius 3 is 2.23 bits per heavy atom. The number of amides is 2. The Hall–Kier alpha value is -3.26. The number of Topliss-reactive ketones (excluding diaryl/α,β-unsaturated/α-hetero) is 1. The highest BCUT2D eigenvalue weighted by atomic mass is 16.5. The molecule has 0 radical (unpaired) electrons. The number of esters is 1. The Bertz CT molecular complexity index is 988. The monoisotopic (exact) mass is 412 g/mol. The van der Waals surface area contributed by atoms with Gasteiger partial charge in [0.25, 0.3) is 11.8 Å². The summed E-state index contributed by atoms with van der Waals surface area (Å²) in [4.78, 5) is 50.2. The number of methoxy groups -OCH3 is 1. The molecule has 0 aliphatic carbocycles. The molecule has 8 heteroatoms. The largest absolute Gasteiger partial charge is 0.456 e. The van der Waals surface area contributed by atoms with E-state index in [2.05, 4.69) is 0 Å². The van der Waals surface area contributed by atoms with Crippen molar-refractivity contribution in [1.82, 2.24) is 9.47 Å². The molecule has 0 saturated carbocycles. The summed E-state index contributed by atoms with van der Waals surface area (Å²) in [5.74, 6) is -2.27. The predicted octanol–water partition coefficient (Wildman–Crippen LogP) is 2.33. The number of aromatic nitrogens is 1. The molecule has 0 fully saturated rings. The number of carbonyl (C=O) groups is 4. The third-order valence-corrected chi connectivity index (χ3v) is 5.16. The smallest absolute Gasteiger partial charge is 0.326 e. The summed E-state index contributed by atoms with van der Waals surface area (Å²) >= 11 is 0. The molecule has 0 N–H and O–H groups in total. The molecule has 3 rings (SSSR count). The number of hydrogen-bond acceptors (Lipinski definition) is 6. The van der Waals surface area contributed by atoms with Gasteiger partial charge in [0.05, 0.1) is 23.8 Å². The first-order valence-corrected chi connectivity index (χ1v) is 9.57. The van der Waals surface area contributed by atoms with Gasteiger partial charge in [-0.3, -0.25) is 24.1 Å². The highest BCUT2D eigenvalue weighted by Gasteiger charge is 2.36. The van der Waals surface area contributed by atoms with Crippen LogP contribution in [0.5, 0.6) is 0 Å². The van der Waals surface area contributed by atoms with E-state index in [1.807, 2.05) is 25.3 Å². The summed E-state index contributed by atoms with van der Waals surface area (Å²) in [5.41, 5.74) is 2.63. The molecular weight excluding hydrogens is 388 g/mol. The SMILES string of the molecule is COC[C@@H](C)n1c(C)cc(C(=O)COC(=O)CN2C(=O)c3ccccc3C2=O)c1C. The second-order valence-corrected chi connectivity index (χ2v) is 7.29. The average molecular weight is 412 g/mol. The lowest BCUT2D eigenvalue weighted by molar-refractivity contribution is -0.142. The van der Waals surface area contributed by atoms with Crippen LogP contribution in [0, 0.1) is 13.8 Å². The molecule has 1 aromatic heterocycles. The first-order valence-electron chi connectivity index (χ1n) is 9.57. The van der Waals surface area contributed by atoms with Gasteiger partial charge in [-0.25, -0.2) is 0 Å². The minimum atomic E-state index is -0.820. The van der Waals surface area contributed by atoms with Crippen molar-refractivity contribution >= 4 is 23.6 Å². The van der Waals surface area contributed by atoms with E-state index in [-0.39, 0.29) is 23.0 Å². The van der Waals surface area contributed by atoms with Crippen LogP contribution >= 0.6 is 0 Å². The zero-order valence-electron chi connectivity index (χ0n) is 17.4. The molecule has 1 aliphatic rings. The second kappa shape index (κ2) is 8.62. The number of aryl methyl sites for hydroxylation is 1. The summed E-state index contributed by atoms with van der Waals surface area (Å²) in [7, 11) is 1.62. The van der Waals surface area contributed by atoms with Crippen LogP contribution < -0.4 is 0 Å². The van der Waals surface area contributed by atoms with Crippen LogP contribution in [0.4, 0.5) is 0 Å². The minimum Gasteiger partial charge on any atom is -0.456 e. The molecule has 0 bridgehead atoms. The Balaban J connectivity index is 1.62. The highest BCUT2D eigenvalue weighted by molar-refractivity contribution is 6.22. The van der Waals surface area contributed by atoms with E-state index in [0.29, 0.717) is 12.2 Å². The molecule has 158 valence electrons. The third kappa shape index (κ3) is 3.91. The van der Waals surface area contributed by atoms with Gasteiger partial charge >= 0.3 is 5.97 Å². The van der Waals surface area contributed by atoms with Crippen molar-refractivity contribution in [3.05, 3.63) is 58.4 Å². The molecule has 0 saturated heterocycles. The molecular formula is C22H24N2O6. The standard InChI is InChI=1S/C22H24N2O6/c1-13-9-18(15(3)24(13)14(2)11-29-4)19(25)12-30-20(26)10-23-21(27)16-7-5-6-8-17(16)22(23)28/h5-9,14H,10-12H2,1-4H3/t14-/m1/s1. The van der Waals surface area contributed by atoms with Gasteiger partial charge in [-0.2, -0.15) is 0 Å². The highest BCUT2D eigenvalue weighted by Crippen LogP contribution is 2.23. The van der Waals surface area contributed by atoms with Gasteiger partial charge in [0.1, 0.15) is 6.54 Å². The maximum Gasteiger partial charge on any atom is 0.326 e. The summed E-state index contributed by atoms with van der Waals surface area (Å²) in [5, 5.41) is 0. The van der Waals surface area contributed by atoms with Crippen LogP contribution in [0.25, 0.3) is 0 Å². The van der Waals surface area contributed by atoms with Gasteiger partial charge in [0.2, 0.25) is 5.78 Å². The van der Waals surface area contributed by atoms with Gasteiger partial charge < -0.3 is 14.0 Å². The molecule has 30 heavy (non-hydrogen) atoms. The molecule has 2 aromatic rings. The van der Waals surface area contributed by atoms with E-state index < -0.39 is 30.9 Å². The number of hydrogen-bond donors (Lipinski definition) is 0. The summed E-state index contributed by atoms with van der Waals surface area (Å²) < 4.78 is 12.2. The van der Waals surface area contributed by atoms with Gasteiger partial charge in [-0.05, 0) is 39.0 Å². The van der Waals surface area contributed by atoms with Crippen LogP contribution in [-0.2, 0) is 14.3 Å². The van der Waals surface area contributed by atoms with E-state index in [9.17, 15) is 19.2 Å². The molecule has 1 atom stereocenters. The number of ether oxygens (including phenoxy) is 2. The molecule has 1 aliphatic heterocycles. The number of carbonyl (C=O) groups excluding carboxylic acids is 4. The Labute approximate surface area is 174 Å². The lowest BCUT2D eigenvalue weighted by atomic mass is 10.1. The molecule has 0 unspecified atom stereocenters. The maximum atomic E-state index is 12.6. The fourth-order valence-corrected chi connectivity index (χ4v) is 3.83. The van der Waals surface area contributed by atoms with E-state index in [1.54, 1.807) is 25.3 Å². The van der Waals surface area contributed by atoms with E-state index in [1.165, 1.54) is 12.1 Å². The van der Waals surface area contributed by atoms with Crippen molar-refractivity contribution in [3.63, 3.8) is 0 Å². The summed E-state index contributed by atoms with van der Waals surface area (Å²) in [6, 6.07) is 8.16. The normalized spacial score (nSPS) is 14.1. The number of ketones is 1. The fourth-order valence-electron chi connectivity index (χ4n) is 3.83. The third-order valence-electron chi connectivity index (χ3n) is 5.16. The molecule has 1 aromatic carbocycles. The second-order valence-electron chi connectivity index (χ2n) is 7.29. The Kier molecular flexibility index (Phi) is 6.17. The van der Waals surface area contributed by atoms with Gasteiger partial charge in [0, 0.05) is 24.1 Å². The van der Waals surface area contributed by atoms with Gasteiger partial charge in [-0.1, -0.05) is 12.1 Å². The lowest BCUT2D eigenvalue weighted by Gasteiger charge is -2.17. The van der Waals surface area contributed by atoms with Crippen molar-refractivity contribution < 1.29 is 28.7 Å². The number of rotatable bonds is 8. The van der Waals surface area contributed by atoms with Gasteiger partial charge in [-0.15, -0.1) is 0 Å². The lowest BCUT2D eigenvalue weighted by Crippen LogP contribution is -2.36. The van der Waals surface area contributed by atoms with Crippen molar-refractivity contribution in [2.45, 2.75) is 26.8 Å². The van der Waals surface area contributed by atoms with Crippen LogP contribution in [0.1, 0.15) is 55.4 Å². The van der Waals surface area contributed by atoms with Crippen LogP contribution in [0.2, 0.25) is 0 Å². The van der Waals surface area contributed by atoms with Crippen LogP contribution in [0.3, 0.4) is 0 Å². The zero-order valence-corrected chi connectivity index (χ0v) is 17.4. The van der Waals surface area contributed by atoms with Crippen molar-refractivity contribution in [2.75, 3.05) is 26.9 Å². The predicted molar refractivity (Wildman–Crippen MR) is 108 cm³/mol.